The van der Waals surface area contributed by atoms with Crippen LogP contribution in [0.15, 0.2) is 30.0 Å². The van der Waals surface area contributed by atoms with E-state index in [-0.39, 0.29) is 6.03 Å². The quantitative estimate of drug-likeness (QED) is 0.917. The van der Waals surface area contributed by atoms with Gasteiger partial charge in [-0.15, -0.1) is 0 Å². The van der Waals surface area contributed by atoms with Gasteiger partial charge in [0.1, 0.15) is 5.75 Å². The van der Waals surface area contributed by atoms with Crippen molar-refractivity contribution in [2.75, 3.05) is 19.1 Å². The number of amides is 2. The molecule has 0 saturated heterocycles. The number of nitrogens with one attached hydrogen (secondary N) is 1. The summed E-state index contributed by atoms with van der Waals surface area (Å²) in [6.07, 6.45) is 6.30. The van der Waals surface area contributed by atoms with E-state index in [1.807, 2.05) is 6.07 Å². The maximum atomic E-state index is 12.2. The van der Waals surface area contributed by atoms with E-state index in [9.17, 15) is 4.79 Å². The molecule has 0 radical (unpaired) electrons. The number of benzene rings is 1. The van der Waals surface area contributed by atoms with Crippen LogP contribution in [0.1, 0.15) is 25.7 Å². The van der Waals surface area contributed by atoms with Crippen LogP contribution in [0, 0.1) is 0 Å². The van der Waals surface area contributed by atoms with Crippen LogP contribution in [0.2, 0.25) is 5.02 Å². The van der Waals surface area contributed by atoms with Crippen LogP contribution >= 0.6 is 11.6 Å². The number of carbonyl (C=O) groups is 1. The number of rotatable bonds is 3. The van der Waals surface area contributed by atoms with Crippen molar-refractivity contribution in [3.05, 3.63) is 35.0 Å². The van der Waals surface area contributed by atoms with E-state index in [1.54, 1.807) is 31.2 Å². The largest absolute Gasteiger partial charge is 0.495 e. The van der Waals surface area contributed by atoms with E-state index in [1.165, 1.54) is 6.42 Å². The first kappa shape index (κ1) is 14.7. The van der Waals surface area contributed by atoms with E-state index in [0.29, 0.717) is 10.8 Å². The number of hydrogen-bond donors (Lipinski definition) is 1. The number of nitrogens with zero attached hydrogens (tertiary/aromatic N) is 1. The van der Waals surface area contributed by atoms with Gasteiger partial charge in [-0.05, 0) is 43.9 Å². The molecule has 0 bridgehead atoms. The van der Waals surface area contributed by atoms with E-state index in [2.05, 4.69) is 11.4 Å². The minimum absolute atomic E-state index is 0.153. The monoisotopic (exact) mass is 294 g/mol. The summed E-state index contributed by atoms with van der Waals surface area (Å²) in [6, 6.07) is 5.22. The Morgan fingerprint density at radius 3 is 2.75 bits per heavy atom. The molecule has 0 aromatic heterocycles. The van der Waals surface area contributed by atoms with Gasteiger partial charge in [0.15, 0.2) is 0 Å². The first-order valence-electron chi connectivity index (χ1n) is 6.71. The highest BCUT2D eigenvalue weighted by molar-refractivity contribution is 6.32. The fourth-order valence-corrected chi connectivity index (χ4v) is 2.60. The molecule has 5 heteroatoms. The van der Waals surface area contributed by atoms with E-state index in [4.69, 9.17) is 16.3 Å². The van der Waals surface area contributed by atoms with E-state index >= 15 is 0 Å². The summed E-state index contributed by atoms with van der Waals surface area (Å²) in [6.45, 7) is 0. The van der Waals surface area contributed by atoms with Gasteiger partial charge in [0.05, 0.1) is 17.8 Å². The molecule has 0 atom stereocenters. The maximum absolute atomic E-state index is 12.2. The molecule has 1 aromatic rings. The summed E-state index contributed by atoms with van der Waals surface area (Å²) in [5.41, 5.74) is 1.78. The molecule has 1 aromatic carbocycles. The van der Waals surface area contributed by atoms with Crippen molar-refractivity contribution in [1.82, 2.24) is 5.32 Å². The van der Waals surface area contributed by atoms with Crippen molar-refractivity contribution in [3.63, 3.8) is 0 Å². The molecule has 2 rings (SSSR count). The average molecular weight is 295 g/mol. The van der Waals surface area contributed by atoms with Gasteiger partial charge in [-0.1, -0.05) is 17.7 Å². The number of ether oxygens (including phenoxy) is 1. The standard InChI is InChI=1S/C15H19ClN2O2/c1-17-15(19)18(11-6-4-3-5-7-11)12-8-9-14(20-2)13(16)10-12/h6,8-10H,3-5,7H2,1-2H3,(H,17,19). The summed E-state index contributed by atoms with van der Waals surface area (Å²) in [7, 11) is 3.20. The molecule has 20 heavy (non-hydrogen) atoms. The summed E-state index contributed by atoms with van der Waals surface area (Å²) in [5, 5.41) is 3.18. The SMILES string of the molecule is CNC(=O)N(C1=CCCCC1)c1ccc(OC)c(Cl)c1. The van der Waals surface area contributed by atoms with Crippen LogP contribution in [0.25, 0.3) is 0 Å². The second-order valence-electron chi connectivity index (χ2n) is 4.65. The van der Waals surface area contributed by atoms with Crippen molar-refractivity contribution in [2.24, 2.45) is 0 Å². The maximum Gasteiger partial charge on any atom is 0.325 e. The Labute approximate surface area is 124 Å². The second-order valence-corrected chi connectivity index (χ2v) is 5.06. The van der Waals surface area contributed by atoms with Gasteiger partial charge < -0.3 is 10.1 Å². The van der Waals surface area contributed by atoms with Gasteiger partial charge in [-0.2, -0.15) is 0 Å². The van der Waals surface area contributed by atoms with Crippen LogP contribution in [0.3, 0.4) is 0 Å². The van der Waals surface area contributed by atoms with Gasteiger partial charge in [-0.25, -0.2) is 4.79 Å². The number of methoxy groups -OCH3 is 1. The lowest BCUT2D eigenvalue weighted by Crippen LogP contribution is -2.38. The van der Waals surface area contributed by atoms with Crippen molar-refractivity contribution in [1.29, 1.82) is 0 Å². The zero-order valence-corrected chi connectivity index (χ0v) is 12.5. The van der Waals surface area contributed by atoms with Crippen LogP contribution in [-0.2, 0) is 0 Å². The van der Waals surface area contributed by atoms with Crippen molar-refractivity contribution in [2.45, 2.75) is 25.7 Å². The molecule has 0 heterocycles. The Bertz CT molecular complexity index is 529. The lowest BCUT2D eigenvalue weighted by molar-refractivity contribution is 0.249. The summed E-state index contributed by atoms with van der Waals surface area (Å²) < 4.78 is 5.15. The third kappa shape index (κ3) is 3.07. The topological polar surface area (TPSA) is 41.6 Å². The fraction of sp³-hybridized carbons (Fsp3) is 0.400. The predicted molar refractivity (Wildman–Crippen MR) is 81.5 cm³/mol. The summed E-state index contributed by atoms with van der Waals surface area (Å²) >= 11 is 6.16. The van der Waals surface area contributed by atoms with Gasteiger partial charge >= 0.3 is 6.03 Å². The van der Waals surface area contributed by atoms with Gasteiger partial charge in [-0.3, -0.25) is 4.90 Å². The molecule has 2 amide bonds. The molecule has 1 aliphatic carbocycles. The normalized spacial score (nSPS) is 14.4. The summed E-state index contributed by atoms with van der Waals surface area (Å²) in [4.78, 5) is 13.9. The lowest BCUT2D eigenvalue weighted by Gasteiger charge is -2.27. The zero-order chi connectivity index (χ0) is 14.5. The molecule has 1 aliphatic rings. The molecule has 0 saturated carbocycles. The van der Waals surface area contributed by atoms with Crippen LogP contribution in [0.4, 0.5) is 10.5 Å². The van der Waals surface area contributed by atoms with Crippen molar-refractivity contribution < 1.29 is 9.53 Å². The molecule has 108 valence electrons. The predicted octanol–water partition coefficient (Wildman–Crippen LogP) is 3.95. The minimum Gasteiger partial charge on any atom is -0.495 e. The number of allylic oxidation sites excluding steroid dienone is 2. The molecular formula is C15H19ClN2O2. The molecule has 0 fully saturated rings. The Kier molecular flexibility index (Phi) is 4.90. The fourth-order valence-electron chi connectivity index (χ4n) is 2.34. The Morgan fingerprint density at radius 2 is 2.20 bits per heavy atom. The summed E-state index contributed by atoms with van der Waals surface area (Å²) in [5.74, 6) is 0.602. The van der Waals surface area contributed by atoms with Gasteiger partial charge in [0.25, 0.3) is 0 Å². The molecule has 4 nitrogen and oxygen atoms in total. The van der Waals surface area contributed by atoms with Crippen molar-refractivity contribution >= 4 is 23.3 Å². The van der Waals surface area contributed by atoms with Gasteiger partial charge in [0.2, 0.25) is 0 Å². The van der Waals surface area contributed by atoms with Crippen LogP contribution in [-0.4, -0.2) is 20.2 Å². The number of urea groups is 1. The van der Waals surface area contributed by atoms with Crippen molar-refractivity contribution in [3.8, 4) is 5.75 Å². The third-order valence-electron chi connectivity index (χ3n) is 3.36. The molecule has 0 unspecified atom stereocenters. The number of halogens is 1. The smallest absolute Gasteiger partial charge is 0.325 e. The minimum atomic E-state index is -0.153. The Hall–Kier alpha value is -1.68. The number of carbonyl (C=O) groups excluding carboxylic acids is 1. The third-order valence-corrected chi connectivity index (χ3v) is 3.66. The average Bonchev–Trinajstić information content (AvgIpc) is 2.48. The Balaban J connectivity index is 2.38. The second kappa shape index (κ2) is 6.66. The number of anilines is 1. The van der Waals surface area contributed by atoms with Gasteiger partial charge in [0, 0.05) is 12.7 Å². The van der Waals surface area contributed by atoms with Crippen LogP contribution in [0.5, 0.6) is 5.75 Å². The zero-order valence-electron chi connectivity index (χ0n) is 11.8. The molecular weight excluding hydrogens is 276 g/mol. The highest BCUT2D eigenvalue weighted by atomic mass is 35.5. The molecule has 1 N–H and O–H groups in total. The molecule has 0 aliphatic heterocycles. The van der Waals surface area contributed by atoms with E-state index in [0.717, 1.165) is 30.6 Å². The Morgan fingerprint density at radius 1 is 1.40 bits per heavy atom. The highest BCUT2D eigenvalue weighted by Crippen LogP contribution is 2.32. The highest BCUT2D eigenvalue weighted by Gasteiger charge is 2.21. The first-order chi connectivity index (χ1) is 9.67. The number of hydrogen-bond acceptors (Lipinski definition) is 2. The first-order valence-corrected chi connectivity index (χ1v) is 7.09. The van der Waals surface area contributed by atoms with Crippen LogP contribution < -0.4 is 15.0 Å². The van der Waals surface area contributed by atoms with E-state index < -0.39 is 0 Å². The molecule has 0 spiro atoms. The lowest BCUT2D eigenvalue weighted by atomic mass is 10.0.